The summed E-state index contributed by atoms with van der Waals surface area (Å²) in [5, 5.41) is 3.90. The average molecular weight is 227 g/mol. The van der Waals surface area contributed by atoms with E-state index in [1.165, 1.54) is 0 Å². The fourth-order valence-corrected chi connectivity index (χ4v) is 1.56. The van der Waals surface area contributed by atoms with Gasteiger partial charge in [-0.15, -0.1) is 0 Å². The predicted octanol–water partition coefficient (Wildman–Crippen LogP) is 0.439. The molecule has 1 aromatic heterocycles. The SMILES string of the molecule is NCCCCc1nc(C2COCCO2)no1. The second-order valence-electron chi connectivity index (χ2n) is 3.73. The molecule has 6 heteroatoms. The minimum Gasteiger partial charge on any atom is -0.376 e. The highest BCUT2D eigenvalue weighted by Gasteiger charge is 2.21. The van der Waals surface area contributed by atoms with Crippen molar-refractivity contribution < 1.29 is 14.0 Å². The molecule has 1 aliphatic rings. The molecule has 0 aromatic carbocycles. The standard InChI is InChI=1S/C10H17N3O3/c11-4-2-1-3-9-12-10(13-16-9)8-7-14-5-6-15-8/h8H,1-7,11H2. The summed E-state index contributed by atoms with van der Waals surface area (Å²) in [4.78, 5) is 4.28. The van der Waals surface area contributed by atoms with Crippen LogP contribution in [0.4, 0.5) is 0 Å². The smallest absolute Gasteiger partial charge is 0.226 e. The second-order valence-corrected chi connectivity index (χ2v) is 3.73. The van der Waals surface area contributed by atoms with Crippen molar-refractivity contribution in [1.82, 2.24) is 10.1 Å². The van der Waals surface area contributed by atoms with Crippen LogP contribution >= 0.6 is 0 Å². The summed E-state index contributed by atoms with van der Waals surface area (Å²) in [7, 11) is 0. The van der Waals surface area contributed by atoms with E-state index in [4.69, 9.17) is 19.7 Å². The molecule has 1 aliphatic heterocycles. The molecule has 1 unspecified atom stereocenters. The first-order chi connectivity index (χ1) is 7.90. The largest absolute Gasteiger partial charge is 0.376 e. The summed E-state index contributed by atoms with van der Waals surface area (Å²) in [6, 6.07) is 0. The number of hydrogen-bond acceptors (Lipinski definition) is 6. The van der Waals surface area contributed by atoms with Crippen molar-refractivity contribution in [2.24, 2.45) is 5.73 Å². The highest BCUT2D eigenvalue weighted by Crippen LogP contribution is 2.18. The van der Waals surface area contributed by atoms with Crippen LogP contribution in [0.2, 0.25) is 0 Å². The Morgan fingerprint density at radius 2 is 2.25 bits per heavy atom. The van der Waals surface area contributed by atoms with E-state index in [-0.39, 0.29) is 6.10 Å². The number of ether oxygens (including phenoxy) is 2. The molecule has 0 amide bonds. The number of aryl methyl sites for hydroxylation is 1. The second kappa shape index (κ2) is 5.93. The molecule has 16 heavy (non-hydrogen) atoms. The van der Waals surface area contributed by atoms with Gasteiger partial charge in [0.15, 0.2) is 0 Å². The van der Waals surface area contributed by atoms with Gasteiger partial charge in [0.05, 0.1) is 19.8 Å². The first-order valence-electron chi connectivity index (χ1n) is 5.62. The lowest BCUT2D eigenvalue weighted by Crippen LogP contribution is -2.22. The van der Waals surface area contributed by atoms with Gasteiger partial charge in [-0.25, -0.2) is 0 Å². The average Bonchev–Trinajstić information content (AvgIpc) is 2.79. The van der Waals surface area contributed by atoms with Gasteiger partial charge in [-0.3, -0.25) is 0 Å². The van der Waals surface area contributed by atoms with Gasteiger partial charge in [0.1, 0.15) is 6.10 Å². The van der Waals surface area contributed by atoms with E-state index in [0.29, 0.717) is 38.1 Å². The Labute approximate surface area is 94.1 Å². The maximum absolute atomic E-state index is 5.47. The van der Waals surface area contributed by atoms with Crippen molar-refractivity contribution in [3.05, 3.63) is 11.7 Å². The van der Waals surface area contributed by atoms with Gasteiger partial charge < -0.3 is 19.7 Å². The number of hydrogen-bond donors (Lipinski definition) is 1. The molecule has 0 saturated carbocycles. The lowest BCUT2D eigenvalue weighted by atomic mass is 10.2. The Morgan fingerprint density at radius 1 is 1.31 bits per heavy atom. The van der Waals surface area contributed by atoms with Crippen LogP contribution < -0.4 is 5.73 Å². The van der Waals surface area contributed by atoms with Crippen molar-refractivity contribution in [2.45, 2.75) is 25.4 Å². The van der Waals surface area contributed by atoms with Crippen LogP contribution in [-0.4, -0.2) is 36.5 Å². The Morgan fingerprint density at radius 3 is 3.00 bits per heavy atom. The maximum Gasteiger partial charge on any atom is 0.226 e. The molecule has 2 rings (SSSR count). The molecule has 90 valence electrons. The van der Waals surface area contributed by atoms with E-state index in [1.54, 1.807) is 0 Å². The summed E-state index contributed by atoms with van der Waals surface area (Å²) in [6.07, 6.45) is 2.54. The highest BCUT2D eigenvalue weighted by atomic mass is 16.6. The summed E-state index contributed by atoms with van der Waals surface area (Å²) in [5.41, 5.74) is 5.41. The van der Waals surface area contributed by atoms with Gasteiger partial charge in [0, 0.05) is 6.42 Å². The van der Waals surface area contributed by atoms with Gasteiger partial charge in [-0.05, 0) is 19.4 Å². The number of aromatic nitrogens is 2. The van der Waals surface area contributed by atoms with Crippen LogP contribution in [0.25, 0.3) is 0 Å². The molecule has 2 heterocycles. The zero-order valence-electron chi connectivity index (χ0n) is 9.22. The summed E-state index contributed by atoms with van der Waals surface area (Å²) < 4.78 is 15.9. The third-order valence-electron chi connectivity index (χ3n) is 2.43. The molecule has 2 N–H and O–H groups in total. The fourth-order valence-electron chi connectivity index (χ4n) is 1.56. The van der Waals surface area contributed by atoms with Crippen molar-refractivity contribution in [3.8, 4) is 0 Å². The first-order valence-corrected chi connectivity index (χ1v) is 5.62. The molecular formula is C10H17N3O3. The van der Waals surface area contributed by atoms with E-state index >= 15 is 0 Å². The minimum atomic E-state index is -0.180. The predicted molar refractivity (Wildman–Crippen MR) is 55.8 cm³/mol. The molecule has 1 saturated heterocycles. The molecule has 0 spiro atoms. The van der Waals surface area contributed by atoms with Crippen LogP contribution in [0.1, 0.15) is 30.7 Å². The fraction of sp³-hybridized carbons (Fsp3) is 0.800. The highest BCUT2D eigenvalue weighted by molar-refractivity contribution is 4.92. The van der Waals surface area contributed by atoms with Gasteiger partial charge in [-0.2, -0.15) is 4.98 Å². The number of rotatable bonds is 5. The van der Waals surface area contributed by atoms with Crippen LogP contribution in [0.15, 0.2) is 4.52 Å². The minimum absolute atomic E-state index is 0.180. The third kappa shape index (κ3) is 3.01. The normalized spacial score (nSPS) is 21.2. The van der Waals surface area contributed by atoms with Crippen molar-refractivity contribution in [3.63, 3.8) is 0 Å². The van der Waals surface area contributed by atoms with E-state index < -0.39 is 0 Å². The summed E-state index contributed by atoms with van der Waals surface area (Å²) >= 11 is 0. The Hall–Kier alpha value is -0.980. The quantitative estimate of drug-likeness (QED) is 0.735. The van der Waals surface area contributed by atoms with Gasteiger partial charge in [0.2, 0.25) is 11.7 Å². The van der Waals surface area contributed by atoms with E-state index in [1.807, 2.05) is 0 Å². The Kier molecular flexibility index (Phi) is 4.26. The summed E-state index contributed by atoms with van der Waals surface area (Å²) in [5.74, 6) is 1.24. The van der Waals surface area contributed by atoms with Crippen LogP contribution in [0.5, 0.6) is 0 Å². The van der Waals surface area contributed by atoms with Crippen molar-refractivity contribution >= 4 is 0 Å². The summed E-state index contributed by atoms with van der Waals surface area (Å²) in [6.45, 7) is 2.42. The first kappa shape index (κ1) is 11.5. The molecule has 0 radical (unpaired) electrons. The number of nitrogens with zero attached hydrogens (tertiary/aromatic N) is 2. The molecule has 1 fully saturated rings. The van der Waals surface area contributed by atoms with Gasteiger partial charge in [0.25, 0.3) is 0 Å². The zero-order valence-corrected chi connectivity index (χ0v) is 9.22. The van der Waals surface area contributed by atoms with E-state index in [2.05, 4.69) is 10.1 Å². The van der Waals surface area contributed by atoms with Crippen LogP contribution in [-0.2, 0) is 15.9 Å². The lowest BCUT2D eigenvalue weighted by molar-refractivity contribution is -0.0941. The van der Waals surface area contributed by atoms with Crippen LogP contribution in [0, 0.1) is 0 Å². The molecule has 1 aromatic rings. The van der Waals surface area contributed by atoms with Crippen LogP contribution in [0.3, 0.4) is 0 Å². The monoisotopic (exact) mass is 227 g/mol. The maximum atomic E-state index is 5.47. The zero-order chi connectivity index (χ0) is 11.2. The molecule has 1 atom stereocenters. The molecule has 0 aliphatic carbocycles. The molecule has 6 nitrogen and oxygen atoms in total. The van der Waals surface area contributed by atoms with Gasteiger partial charge in [-0.1, -0.05) is 5.16 Å². The lowest BCUT2D eigenvalue weighted by Gasteiger charge is -2.19. The third-order valence-corrected chi connectivity index (χ3v) is 2.43. The van der Waals surface area contributed by atoms with E-state index in [0.717, 1.165) is 19.3 Å². The van der Waals surface area contributed by atoms with Crippen molar-refractivity contribution in [2.75, 3.05) is 26.4 Å². The molecule has 0 bridgehead atoms. The van der Waals surface area contributed by atoms with Crippen molar-refractivity contribution in [1.29, 1.82) is 0 Å². The molecular weight excluding hydrogens is 210 g/mol. The van der Waals surface area contributed by atoms with Gasteiger partial charge >= 0.3 is 0 Å². The number of nitrogens with two attached hydrogens (primary N) is 1. The number of unbranched alkanes of at least 4 members (excludes halogenated alkanes) is 1. The van der Waals surface area contributed by atoms with E-state index in [9.17, 15) is 0 Å². The topological polar surface area (TPSA) is 83.4 Å². The Bertz CT molecular complexity index is 310. The Balaban J connectivity index is 1.85.